The molecule has 0 saturated carbocycles. The summed E-state index contributed by atoms with van der Waals surface area (Å²) in [5.74, 6) is 0.585. The lowest BCUT2D eigenvalue weighted by molar-refractivity contribution is 0.0934. The normalized spacial score (nSPS) is 12.0. The van der Waals surface area contributed by atoms with Crippen molar-refractivity contribution in [3.63, 3.8) is 0 Å². The van der Waals surface area contributed by atoms with E-state index in [9.17, 15) is 4.79 Å². The van der Waals surface area contributed by atoms with E-state index in [0.717, 1.165) is 23.7 Å². The highest BCUT2D eigenvalue weighted by Crippen LogP contribution is 2.27. The van der Waals surface area contributed by atoms with Crippen molar-refractivity contribution in [2.75, 3.05) is 26.2 Å². The van der Waals surface area contributed by atoms with Crippen LogP contribution >= 0.6 is 11.6 Å². The average molecular weight is 375 g/mol. The molecule has 0 heterocycles. The van der Waals surface area contributed by atoms with E-state index in [1.807, 2.05) is 43.3 Å². The summed E-state index contributed by atoms with van der Waals surface area (Å²) in [5, 5.41) is 3.77. The van der Waals surface area contributed by atoms with Crippen LogP contribution in [0.1, 0.15) is 42.7 Å². The summed E-state index contributed by atoms with van der Waals surface area (Å²) in [6, 6.07) is 15.1. The van der Waals surface area contributed by atoms with Crippen LogP contribution in [0.25, 0.3) is 0 Å². The lowest BCUT2D eigenvalue weighted by Gasteiger charge is -2.31. The van der Waals surface area contributed by atoms with E-state index >= 15 is 0 Å². The highest BCUT2D eigenvalue weighted by atomic mass is 35.5. The Bertz CT molecular complexity index is 717. The molecule has 0 aliphatic carbocycles. The molecule has 0 aliphatic heterocycles. The molecule has 2 rings (SSSR count). The van der Waals surface area contributed by atoms with E-state index in [1.165, 1.54) is 0 Å². The Morgan fingerprint density at radius 3 is 2.50 bits per heavy atom. The summed E-state index contributed by atoms with van der Waals surface area (Å²) in [6.07, 6.45) is 0. The van der Waals surface area contributed by atoms with Crippen molar-refractivity contribution in [2.24, 2.45) is 0 Å². The fraction of sp³-hybridized carbons (Fsp3) is 0.381. The fourth-order valence-electron chi connectivity index (χ4n) is 3.03. The Labute approximate surface area is 161 Å². The molecule has 1 N–H and O–H groups in total. The van der Waals surface area contributed by atoms with Crippen molar-refractivity contribution in [1.82, 2.24) is 10.2 Å². The lowest BCUT2D eigenvalue weighted by atomic mass is 10.0. The van der Waals surface area contributed by atoms with Crippen molar-refractivity contribution in [1.29, 1.82) is 0 Å². The van der Waals surface area contributed by atoms with Crippen LogP contribution in [-0.2, 0) is 0 Å². The van der Waals surface area contributed by atoms with Crippen LogP contribution in [-0.4, -0.2) is 37.0 Å². The average Bonchev–Trinajstić information content (AvgIpc) is 2.66. The lowest BCUT2D eigenvalue weighted by Crippen LogP contribution is -2.38. The minimum absolute atomic E-state index is 0.0257. The molecule has 0 saturated heterocycles. The first-order valence-corrected chi connectivity index (χ1v) is 9.48. The number of nitrogens with one attached hydrogen (secondary N) is 1. The molecule has 2 aromatic rings. The van der Waals surface area contributed by atoms with Gasteiger partial charge in [-0.25, -0.2) is 0 Å². The molecular weight excluding hydrogens is 348 g/mol. The van der Waals surface area contributed by atoms with Gasteiger partial charge in [-0.2, -0.15) is 0 Å². The zero-order valence-electron chi connectivity index (χ0n) is 15.7. The molecule has 0 aliphatic rings. The first kappa shape index (κ1) is 20.3. The van der Waals surface area contributed by atoms with Crippen LogP contribution in [0, 0.1) is 0 Å². The second-order valence-electron chi connectivity index (χ2n) is 5.93. The molecule has 0 bridgehead atoms. The van der Waals surface area contributed by atoms with Gasteiger partial charge in [0, 0.05) is 17.1 Å². The second-order valence-corrected chi connectivity index (χ2v) is 6.34. The van der Waals surface area contributed by atoms with E-state index in [4.69, 9.17) is 16.3 Å². The van der Waals surface area contributed by atoms with E-state index in [-0.39, 0.29) is 11.9 Å². The van der Waals surface area contributed by atoms with Crippen molar-refractivity contribution in [3.05, 3.63) is 64.7 Å². The number of ether oxygens (including phenoxy) is 1. The molecular formula is C21H27ClN2O2. The van der Waals surface area contributed by atoms with E-state index < -0.39 is 0 Å². The molecule has 5 heteroatoms. The Morgan fingerprint density at radius 2 is 1.85 bits per heavy atom. The smallest absolute Gasteiger partial charge is 0.251 e. The van der Waals surface area contributed by atoms with Crippen LogP contribution in [0.3, 0.4) is 0 Å². The number of rotatable bonds is 9. The maximum absolute atomic E-state index is 12.6. The number of nitrogens with zero attached hydrogens (tertiary/aromatic N) is 1. The third-order valence-corrected chi connectivity index (χ3v) is 4.72. The first-order valence-electron chi connectivity index (χ1n) is 9.10. The third-order valence-electron chi connectivity index (χ3n) is 4.38. The van der Waals surface area contributed by atoms with Crippen LogP contribution in [0.15, 0.2) is 48.5 Å². The quantitative estimate of drug-likeness (QED) is 0.700. The summed E-state index contributed by atoms with van der Waals surface area (Å²) >= 11 is 6.41. The summed E-state index contributed by atoms with van der Waals surface area (Å²) in [7, 11) is 0. The topological polar surface area (TPSA) is 41.6 Å². The zero-order valence-corrected chi connectivity index (χ0v) is 16.4. The number of amides is 1. The summed E-state index contributed by atoms with van der Waals surface area (Å²) in [6.45, 7) is 8.96. The summed E-state index contributed by atoms with van der Waals surface area (Å²) in [5.41, 5.74) is 1.62. The molecule has 4 nitrogen and oxygen atoms in total. The number of likely N-dealkylation sites (N-methyl/N-ethyl adjacent to an activating group) is 1. The molecule has 0 fully saturated rings. The molecule has 0 radical (unpaired) electrons. The van der Waals surface area contributed by atoms with E-state index in [1.54, 1.807) is 12.1 Å². The maximum atomic E-state index is 12.6. The van der Waals surface area contributed by atoms with Crippen molar-refractivity contribution < 1.29 is 9.53 Å². The van der Waals surface area contributed by atoms with Crippen molar-refractivity contribution in [3.8, 4) is 5.75 Å². The molecule has 26 heavy (non-hydrogen) atoms. The predicted octanol–water partition coefficient (Wildman–Crippen LogP) is 4.55. The van der Waals surface area contributed by atoms with Crippen LogP contribution < -0.4 is 10.1 Å². The van der Waals surface area contributed by atoms with Gasteiger partial charge in [-0.05, 0) is 49.8 Å². The third kappa shape index (κ3) is 5.23. The molecule has 0 aromatic heterocycles. The number of benzene rings is 2. The van der Waals surface area contributed by atoms with Crippen LogP contribution in [0.4, 0.5) is 0 Å². The van der Waals surface area contributed by atoms with Crippen molar-refractivity contribution in [2.45, 2.75) is 26.8 Å². The number of carbonyl (C=O) groups excluding carboxylic acids is 1. The highest BCUT2D eigenvalue weighted by molar-refractivity contribution is 6.31. The number of hydrogen-bond donors (Lipinski definition) is 1. The van der Waals surface area contributed by atoms with Gasteiger partial charge >= 0.3 is 0 Å². The molecule has 1 atom stereocenters. The van der Waals surface area contributed by atoms with E-state index in [2.05, 4.69) is 24.1 Å². The number of hydrogen-bond acceptors (Lipinski definition) is 3. The molecule has 0 spiro atoms. The van der Waals surface area contributed by atoms with Gasteiger partial charge in [-0.1, -0.05) is 49.7 Å². The zero-order chi connectivity index (χ0) is 18.9. The largest absolute Gasteiger partial charge is 0.494 e. The Balaban J connectivity index is 2.15. The molecule has 1 unspecified atom stereocenters. The standard InChI is InChI=1S/C21H27ClN2O2/c1-4-24(5-2)20(18-12-7-8-13-19(18)22)15-23-21(25)16-10-9-11-17(14-16)26-6-3/h7-14,20H,4-6,15H2,1-3H3,(H,23,25). The highest BCUT2D eigenvalue weighted by Gasteiger charge is 2.21. The Morgan fingerprint density at radius 1 is 1.12 bits per heavy atom. The van der Waals surface area contributed by atoms with Crippen LogP contribution in [0.5, 0.6) is 5.75 Å². The SMILES string of the molecule is CCOc1cccc(C(=O)NCC(c2ccccc2Cl)N(CC)CC)c1. The molecule has 1 amide bonds. The van der Waals surface area contributed by atoms with Gasteiger partial charge in [-0.3, -0.25) is 9.69 Å². The first-order chi connectivity index (χ1) is 12.6. The summed E-state index contributed by atoms with van der Waals surface area (Å²) in [4.78, 5) is 14.9. The fourth-order valence-corrected chi connectivity index (χ4v) is 3.29. The van der Waals surface area contributed by atoms with Gasteiger partial charge in [0.2, 0.25) is 0 Å². The Kier molecular flexibility index (Phi) is 7.95. The van der Waals surface area contributed by atoms with Gasteiger partial charge < -0.3 is 10.1 Å². The second kappa shape index (κ2) is 10.2. The van der Waals surface area contributed by atoms with Gasteiger partial charge in [0.15, 0.2) is 0 Å². The monoisotopic (exact) mass is 374 g/mol. The minimum atomic E-state index is -0.115. The molecule has 140 valence electrons. The Hall–Kier alpha value is -2.04. The van der Waals surface area contributed by atoms with Gasteiger partial charge in [0.05, 0.1) is 12.6 Å². The van der Waals surface area contributed by atoms with Gasteiger partial charge in [0.1, 0.15) is 5.75 Å². The number of carbonyl (C=O) groups is 1. The van der Waals surface area contributed by atoms with Gasteiger partial charge in [0.25, 0.3) is 5.91 Å². The predicted molar refractivity (Wildman–Crippen MR) is 107 cm³/mol. The van der Waals surface area contributed by atoms with E-state index in [0.29, 0.717) is 24.5 Å². The maximum Gasteiger partial charge on any atom is 0.251 e. The van der Waals surface area contributed by atoms with Crippen LogP contribution in [0.2, 0.25) is 5.02 Å². The minimum Gasteiger partial charge on any atom is -0.494 e. The van der Waals surface area contributed by atoms with Crippen molar-refractivity contribution >= 4 is 17.5 Å². The molecule has 2 aromatic carbocycles. The number of halogens is 1. The van der Waals surface area contributed by atoms with Gasteiger partial charge in [-0.15, -0.1) is 0 Å². The summed E-state index contributed by atoms with van der Waals surface area (Å²) < 4.78 is 5.47.